The molecule has 0 amide bonds. The number of alkyl halides is 3. The summed E-state index contributed by atoms with van der Waals surface area (Å²) in [6.45, 7) is 1.75. The molecule has 0 radical (unpaired) electrons. The zero-order chi connectivity index (χ0) is 20.7. The molecule has 7 heteroatoms. The van der Waals surface area contributed by atoms with Gasteiger partial charge >= 0.3 is 6.18 Å². The summed E-state index contributed by atoms with van der Waals surface area (Å²) in [6.07, 6.45) is 1.54. The first-order valence-electron chi connectivity index (χ1n) is 9.18. The van der Waals surface area contributed by atoms with Gasteiger partial charge in [0.1, 0.15) is 0 Å². The van der Waals surface area contributed by atoms with Crippen LogP contribution in [0.4, 0.5) is 13.2 Å². The summed E-state index contributed by atoms with van der Waals surface area (Å²) in [5, 5.41) is 6.89. The lowest BCUT2D eigenvalue weighted by Crippen LogP contribution is -2.08. The summed E-state index contributed by atoms with van der Waals surface area (Å²) in [5.74, 6) is 1.03. The molecule has 28 heavy (non-hydrogen) atoms. The van der Waals surface area contributed by atoms with Crippen LogP contribution in [0.2, 0.25) is 0 Å². The number of pyridine rings is 1. The summed E-state index contributed by atoms with van der Waals surface area (Å²) in [4.78, 5) is 22.2. The van der Waals surface area contributed by atoms with E-state index in [1.165, 1.54) is 12.1 Å². The standard InChI is InChI=1S/C20H22F3NO.CH2O2/c1-13(15-3-2-4-18(11-15)20(21,22)23)9-14-5-6-16(10-14)17-7-8-19(25)24-12-17;2-1-3/h2-4,7-8,11-14,16H,5-6,9-10H2,1H3,(H,24,25);1H,(H,2,3)/t13-,14?,16-;/m0./s1. The first kappa shape index (κ1) is 21.7. The van der Waals surface area contributed by atoms with Gasteiger partial charge in [-0.05, 0) is 60.6 Å². The molecule has 1 aliphatic carbocycles. The van der Waals surface area contributed by atoms with Crippen molar-refractivity contribution in [2.45, 2.75) is 50.6 Å². The molecule has 0 aliphatic heterocycles. The maximum absolute atomic E-state index is 12.9. The molecule has 1 saturated carbocycles. The van der Waals surface area contributed by atoms with Crippen LogP contribution in [0.5, 0.6) is 0 Å². The molecule has 2 aromatic rings. The van der Waals surface area contributed by atoms with Crippen LogP contribution in [-0.2, 0) is 11.0 Å². The Morgan fingerprint density at radius 2 is 1.96 bits per heavy atom. The number of aromatic nitrogens is 1. The highest BCUT2D eigenvalue weighted by atomic mass is 19.4. The molecule has 152 valence electrons. The molecule has 0 bridgehead atoms. The molecule has 1 aromatic carbocycles. The summed E-state index contributed by atoms with van der Waals surface area (Å²) >= 11 is 0. The van der Waals surface area contributed by atoms with Crippen LogP contribution in [0.3, 0.4) is 0 Å². The van der Waals surface area contributed by atoms with Crippen molar-refractivity contribution < 1.29 is 23.1 Å². The third-order valence-electron chi connectivity index (χ3n) is 5.29. The van der Waals surface area contributed by atoms with Gasteiger partial charge in [0, 0.05) is 12.3 Å². The number of carboxylic acid groups (broad SMARTS) is 1. The summed E-state index contributed by atoms with van der Waals surface area (Å²) in [7, 11) is 0. The van der Waals surface area contributed by atoms with Crippen molar-refractivity contribution in [1.29, 1.82) is 0 Å². The van der Waals surface area contributed by atoms with E-state index in [9.17, 15) is 18.0 Å². The van der Waals surface area contributed by atoms with E-state index in [1.54, 1.807) is 18.3 Å². The molecule has 0 saturated heterocycles. The van der Waals surface area contributed by atoms with Crippen molar-refractivity contribution in [3.8, 4) is 0 Å². The average molecular weight is 395 g/mol. The fourth-order valence-corrected chi connectivity index (χ4v) is 3.93. The Morgan fingerprint density at radius 3 is 2.57 bits per heavy atom. The molecule has 2 N–H and O–H groups in total. The van der Waals surface area contributed by atoms with Crippen LogP contribution in [-0.4, -0.2) is 16.6 Å². The second-order valence-corrected chi connectivity index (χ2v) is 7.23. The van der Waals surface area contributed by atoms with E-state index in [4.69, 9.17) is 9.90 Å². The van der Waals surface area contributed by atoms with Crippen molar-refractivity contribution in [3.05, 3.63) is 69.6 Å². The first-order chi connectivity index (χ1) is 13.2. The van der Waals surface area contributed by atoms with Gasteiger partial charge in [-0.1, -0.05) is 31.2 Å². The summed E-state index contributed by atoms with van der Waals surface area (Å²) < 4.78 is 38.6. The van der Waals surface area contributed by atoms with Crippen molar-refractivity contribution in [3.63, 3.8) is 0 Å². The molecule has 4 nitrogen and oxygen atoms in total. The van der Waals surface area contributed by atoms with Gasteiger partial charge in [0.15, 0.2) is 0 Å². The van der Waals surface area contributed by atoms with Gasteiger partial charge in [-0.15, -0.1) is 0 Å². The van der Waals surface area contributed by atoms with Crippen molar-refractivity contribution >= 4 is 6.47 Å². The Morgan fingerprint density at radius 1 is 1.25 bits per heavy atom. The third kappa shape index (κ3) is 5.97. The molecule has 1 fully saturated rings. The molecule has 1 heterocycles. The van der Waals surface area contributed by atoms with Crippen LogP contribution >= 0.6 is 0 Å². The van der Waals surface area contributed by atoms with E-state index < -0.39 is 11.7 Å². The van der Waals surface area contributed by atoms with Crippen LogP contribution in [0, 0.1) is 5.92 Å². The second-order valence-electron chi connectivity index (χ2n) is 7.23. The molecular weight excluding hydrogens is 371 g/mol. The maximum Gasteiger partial charge on any atom is 0.416 e. The lowest BCUT2D eigenvalue weighted by Gasteiger charge is -2.18. The highest BCUT2D eigenvalue weighted by Gasteiger charge is 2.31. The zero-order valence-electron chi connectivity index (χ0n) is 15.6. The number of halogens is 3. The predicted octanol–water partition coefficient (Wildman–Crippen LogP) is 5.17. The van der Waals surface area contributed by atoms with Crippen LogP contribution in [0.15, 0.2) is 47.4 Å². The summed E-state index contributed by atoms with van der Waals surface area (Å²) in [5.41, 5.74) is 1.22. The van der Waals surface area contributed by atoms with Gasteiger partial charge in [-0.3, -0.25) is 9.59 Å². The van der Waals surface area contributed by atoms with Gasteiger partial charge in [0.25, 0.3) is 6.47 Å². The third-order valence-corrected chi connectivity index (χ3v) is 5.29. The Bertz CT molecular complexity index is 812. The Kier molecular flexibility index (Phi) is 7.43. The Labute approximate surface area is 161 Å². The molecule has 3 atom stereocenters. The molecule has 3 rings (SSSR count). The van der Waals surface area contributed by atoms with Crippen LogP contribution in [0.1, 0.15) is 61.1 Å². The van der Waals surface area contributed by atoms with E-state index in [0.29, 0.717) is 11.8 Å². The fraction of sp³-hybridized carbons (Fsp3) is 0.429. The maximum atomic E-state index is 12.9. The van der Waals surface area contributed by atoms with E-state index >= 15 is 0 Å². The molecular formula is C21H24F3NO3. The van der Waals surface area contributed by atoms with E-state index in [0.717, 1.165) is 42.9 Å². The van der Waals surface area contributed by atoms with Crippen LogP contribution in [0.25, 0.3) is 0 Å². The van der Waals surface area contributed by atoms with Gasteiger partial charge in [-0.25, -0.2) is 0 Å². The first-order valence-corrected chi connectivity index (χ1v) is 9.18. The van der Waals surface area contributed by atoms with Crippen LogP contribution < -0.4 is 5.56 Å². The average Bonchev–Trinajstić information content (AvgIpc) is 3.11. The molecule has 1 aliphatic rings. The minimum atomic E-state index is -4.29. The van der Waals surface area contributed by atoms with Gasteiger partial charge in [-0.2, -0.15) is 13.2 Å². The number of H-pyrrole nitrogens is 1. The lowest BCUT2D eigenvalue weighted by molar-refractivity contribution is -0.137. The van der Waals surface area contributed by atoms with Gasteiger partial charge < -0.3 is 10.1 Å². The topological polar surface area (TPSA) is 70.2 Å². The van der Waals surface area contributed by atoms with E-state index in [2.05, 4.69) is 4.98 Å². The Hall–Kier alpha value is -2.57. The highest BCUT2D eigenvalue weighted by Crippen LogP contribution is 2.42. The number of carbonyl (C=O) groups is 1. The number of rotatable bonds is 4. The van der Waals surface area contributed by atoms with E-state index in [1.807, 2.05) is 13.0 Å². The van der Waals surface area contributed by atoms with Crippen molar-refractivity contribution in [2.24, 2.45) is 5.92 Å². The quantitative estimate of drug-likeness (QED) is 0.702. The predicted molar refractivity (Wildman–Crippen MR) is 100 cm³/mol. The number of hydrogen-bond donors (Lipinski definition) is 2. The normalized spacial score (nSPS) is 20.1. The summed E-state index contributed by atoms with van der Waals surface area (Å²) in [6, 6.07) is 9.10. The number of aromatic amines is 1. The monoisotopic (exact) mass is 395 g/mol. The molecule has 1 unspecified atom stereocenters. The number of benzene rings is 1. The van der Waals surface area contributed by atoms with Gasteiger partial charge in [0.05, 0.1) is 5.56 Å². The molecule has 1 aromatic heterocycles. The minimum Gasteiger partial charge on any atom is -0.483 e. The molecule has 0 spiro atoms. The Balaban J connectivity index is 0.000000878. The largest absolute Gasteiger partial charge is 0.483 e. The van der Waals surface area contributed by atoms with Gasteiger partial charge in [0.2, 0.25) is 5.56 Å². The van der Waals surface area contributed by atoms with E-state index in [-0.39, 0.29) is 17.9 Å². The SMILES string of the molecule is C[C@@H](CC1CC[C@H](c2ccc(=O)[nH]c2)C1)c1cccc(C(F)(F)F)c1.O=CO. The highest BCUT2D eigenvalue weighted by molar-refractivity contribution is 5.32. The second kappa shape index (κ2) is 9.57. The smallest absolute Gasteiger partial charge is 0.416 e. The number of nitrogens with one attached hydrogen (secondary N) is 1. The lowest BCUT2D eigenvalue weighted by atomic mass is 9.87. The number of hydrogen-bond acceptors (Lipinski definition) is 2. The minimum absolute atomic E-state index is 0.0987. The fourth-order valence-electron chi connectivity index (χ4n) is 3.93. The van der Waals surface area contributed by atoms with Crippen molar-refractivity contribution in [2.75, 3.05) is 0 Å². The zero-order valence-corrected chi connectivity index (χ0v) is 15.6. The van der Waals surface area contributed by atoms with Crippen molar-refractivity contribution in [1.82, 2.24) is 4.98 Å².